The summed E-state index contributed by atoms with van der Waals surface area (Å²) < 4.78 is 2.29. The first-order valence-corrected chi connectivity index (χ1v) is 8.61. The van der Waals surface area contributed by atoms with Gasteiger partial charge < -0.3 is 10.6 Å². The second-order valence-electron chi connectivity index (χ2n) is 5.37. The third-order valence-electron chi connectivity index (χ3n) is 3.68. The van der Waals surface area contributed by atoms with Crippen LogP contribution in [0.25, 0.3) is 0 Å². The molecule has 0 aliphatic carbocycles. The number of hydrogen-bond donors (Lipinski definition) is 2. The summed E-state index contributed by atoms with van der Waals surface area (Å²) in [4.78, 5) is 40.1. The summed E-state index contributed by atoms with van der Waals surface area (Å²) in [7, 11) is 1.47. The van der Waals surface area contributed by atoms with E-state index >= 15 is 0 Å². The fourth-order valence-electron chi connectivity index (χ4n) is 2.33. The highest BCUT2D eigenvalue weighted by molar-refractivity contribution is 14.1. The van der Waals surface area contributed by atoms with E-state index in [9.17, 15) is 14.4 Å². The van der Waals surface area contributed by atoms with E-state index in [1.807, 2.05) is 6.92 Å². The molecule has 1 amide bonds. The molecule has 3 N–H and O–H groups in total. The van der Waals surface area contributed by atoms with Crippen LogP contribution < -0.4 is 21.9 Å². The topological polar surface area (TPSA) is 101 Å². The molecule has 24 heavy (non-hydrogen) atoms. The van der Waals surface area contributed by atoms with Gasteiger partial charge in [-0.1, -0.05) is 13.3 Å². The van der Waals surface area contributed by atoms with Crippen molar-refractivity contribution in [1.29, 1.82) is 0 Å². The Hall–Kier alpha value is -2.10. The van der Waals surface area contributed by atoms with Gasteiger partial charge in [0.25, 0.3) is 11.5 Å². The summed E-state index contributed by atoms with van der Waals surface area (Å²) in [6, 6.07) is 6.96. The lowest BCUT2D eigenvalue weighted by atomic mass is 10.2. The van der Waals surface area contributed by atoms with Crippen LogP contribution >= 0.6 is 22.6 Å². The van der Waals surface area contributed by atoms with Gasteiger partial charge in [0, 0.05) is 22.7 Å². The van der Waals surface area contributed by atoms with Crippen molar-refractivity contribution in [2.75, 3.05) is 17.7 Å². The van der Waals surface area contributed by atoms with Gasteiger partial charge in [0.05, 0.1) is 0 Å². The van der Waals surface area contributed by atoms with Gasteiger partial charge in [-0.05, 0) is 53.3 Å². The van der Waals surface area contributed by atoms with Crippen LogP contribution in [0, 0.1) is 3.57 Å². The fourth-order valence-corrected chi connectivity index (χ4v) is 2.69. The molecule has 7 nitrogen and oxygen atoms in total. The number of anilines is 2. The summed E-state index contributed by atoms with van der Waals surface area (Å²) in [5.74, 6) is -0.372. The Labute approximate surface area is 152 Å². The minimum Gasteiger partial charge on any atom is -0.383 e. The van der Waals surface area contributed by atoms with E-state index in [1.165, 1.54) is 16.5 Å². The third-order valence-corrected chi connectivity index (χ3v) is 4.40. The molecule has 2 aromatic rings. The zero-order valence-electron chi connectivity index (χ0n) is 13.5. The third kappa shape index (κ3) is 3.69. The smallest absolute Gasteiger partial charge is 0.330 e. The fraction of sp³-hybridized carbons (Fsp3) is 0.312. The van der Waals surface area contributed by atoms with Gasteiger partial charge in [-0.2, -0.15) is 0 Å². The van der Waals surface area contributed by atoms with Gasteiger partial charge in [0.15, 0.2) is 5.69 Å². The Bertz CT molecular complexity index is 855. The van der Waals surface area contributed by atoms with Crippen LogP contribution in [0.5, 0.6) is 0 Å². The molecule has 0 fully saturated rings. The zero-order chi connectivity index (χ0) is 17.9. The molecule has 0 spiro atoms. The molecule has 0 saturated carbocycles. The van der Waals surface area contributed by atoms with E-state index in [-0.39, 0.29) is 17.4 Å². The van der Waals surface area contributed by atoms with Crippen LogP contribution in [-0.4, -0.2) is 22.5 Å². The lowest BCUT2D eigenvalue weighted by molar-refractivity contribution is 0.0992. The monoisotopic (exact) mass is 442 g/mol. The molecule has 1 aromatic heterocycles. The van der Waals surface area contributed by atoms with E-state index in [0.29, 0.717) is 12.1 Å². The molecule has 0 saturated heterocycles. The Kier molecular flexibility index (Phi) is 5.81. The molecule has 0 aliphatic rings. The average Bonchev–Trinajstić information content (AvgIpc) is 2.54. The number of nitrogen functional groups attached to an aromatic ring is 1. The minimum absolute atomic E-state index is 0.00133. The van der Waals surface area contributed by atoms with Crippen molar-refractivity contribution in [3.05, 3.63) is 54.2 Å². The van der Waals surface area contributed by atoms with Crippen molar-refractivity contribution >= 4 is 40.0 Å². The van der Waals surface area contributed by atoms with E-state index in [2.05, 4.69) is 27.6 Å². The van der Waals surface area contributed by atoms with Crippen molar-refractivity contribution in [3.63, 3.8) is 0 Å². The van der Waals surface area contributed by atoms with Crippen molar-refractivity contribution in [3.8, 4) is 0 Å². The Balaban J connectivity index is 2.46. The number of rotatable bonds is 5. The summed E-state index contributed by atoms with van der Waals surface area (Å²) in [5.41, 5.74) is 5.19. The number of amides is 1. The Morgan fingerprint density at radius 1 is 1.29 bits per heavy atom. The zero-order valence-corrected chi connectivity index (χ0v) is 15.7. The van der Waals surface area contributed by atoms with Crippen molar-refractivity contribution in [1.82, 2.24) is 9.55 Å². The van der Waals surface area contributed by atoms with Gasteiger partial charge in [0.2, 0.25) is 0 Å². The summed E-state index contributed by atoms with van der Waals surface area (Å²) in [5, 5.41) is 0. The highest BCUT2D eigenvalue weighted by Gasteiger charge is 2.21. The lowest BCUT2D eigenvalue weighted by Crippen LogP contribution is -2.39. The molecule has 1 aromatic carbocycles. The predicted molar refractivity (Wildman–Crippen MR) is 103 cm³/mol. The van der Waals surface area contributed by atoms with Gasteiger partial charge in [-0.25, -0.2) is 4.79 Å². The standard InChI is InChI=1S/C16H19IN4O3/c1-3-4-9-21-13(18)12(14(22)19-16(21)24)20(2)15(23)10-5-7-11(17)8-6-10/h5-8H,3-4,9,18H2,1-2H3,(H,19,22,24). The molecule has 0 aliphatic heterocycles. The van der Waals surface area contributed by atoms with E-state index in [4.69, 9.17) is 5.73 Å². The van der Waals surface area contributed by atoms with Crippen molar-refractivity contribution in [2.24, 2.45) is 0 Å². The summed E-state index contributed by atoms with van der Waals surface area (Å²) >= 11 is 2.14. The first-order chi connectivity index (χ1) is 11.4. The number of nitrogens with two attached hydrogens (primary N) is 1. The van der Waals surface area contributed by atoms with Gasteiger partial charge in [0.1, 0.15) is 5.82 Å². The molecular formula is C16H19IN4O3. The quantitative estimate of drug-likeness (QED) is 0.690. The SMILES string of the molecule is CCCCn1c(N)c(N(C)C(=O)c2ccc(I)cc2)c(=O)[nH]c1=O. The maximum Gasteiger partial charge on any atom is 0.330 e. The number of carbonyl (C=O) groups is 1. The number of hydrogen-bond acceptors (Lipinski definition) is 4. The molecule has 0 atom stereocenters. The first-order valence-electron chi connectivity index (χ1n) is 7.53. The van der Waals surface area contributed by atoms with Crippen LogP contribution in [0.15, 0.2) is 33.9 Å². The number of aromatic amines is 1. The molecule has 1 heterocycles. The Morgan fingerprint density at radius 2 is 1.92 bits per heavy atom. The molecule has 8 heteroatoms. The van der Waals surface area contributed by atoms with Crippen LogP contribution in [0.1, 0.15) is 30.1 Å². The normalized spacial score (nSPS) is 10.6. The maximum absolute atomic E-state index is 12.6. The number of aromatic nitrogens is 2. The van der Waals surface area contributed by atoms with Gasteiger partial charge in [-0.3, -0.25) is 19.1 Å². The van der Waals surface area contributed by atoms with Crippen molar-refractivity contribution < 1.29 is 4.79 Å². The molecule has 128 valence electrons. The van der Waals surface area contributed by atoms with Gasteiger partial charge >= 0.3 is 5.69 Å². The number of unbranched alkanes of at least 4 members (excludes halogenated alkanes) is 1. The number of nitrogens with zero attached hydrogens (tertiary/aromatic N) is 2. The summed E-state index contributed by atoms with van der Waals surface area (Å²) in [6.45, 7) is 2.37. The first kappa shape index (κ1) is 18.2. The number of H-pyrrole nitrogens is 1. The van der Waals surface area contributed by atoms with Gasteiger partial charge in [-0.15, -0.1) is 0 Å². The average molecular weight is 442 g/mol. The predicted octanol–water partition coefficient (Wildman–Crippen LogP) is 1.80. The highest BCUT2D eigenvalue weighted by Crippen LogP contribution is 2.18. The molecule has 0 bridgehead atoms. The molecular weight excluding hydrogens is 423 g/mol. The number of carbonyl (C=O) groups excluding carboxylic acids is 1. The molecule has 0 unspecified atom stereocenters. The number of benzene rings is 1. The number of nitrogens with one attached hydrogen (secondary N) is 1. The minimum atomic E-state index is -0.674. The second kappa shape index (κ2) is 7.65. The van der Waals surface area contributed by atoms with Crippen molar-refractivity contribution in [2.45, 2.75) is 26.3 Å². The molecule has 2 rings (SSSR count). The van der Waals surface area contributed by atoms with Crippen LogP contribution in [-0.2, 0) is 6.54 Å². The Morgan fingerprint density at radius 3 is 2.50 bits per heavy atom. The summed E-state index contributed by atoms with van der Waals surface area (Å²) in [6.07, 6.45) is 1.61. The van der Waals surface area contributed by atoms with E-state index < -0.39 is 11.2 Å². The molecule has 0 radical (unpaired) electrons. The lowest BCUT2D eigenvalue weighted by Gasteiger charge is -2.20. The number of halogens is 1. The van der Waals surface area contributed by atoms with Crippen LogP contribution in [0.3, 0.4) is 0 Å². The highest BCUT2D eigenvalue weighted by atomic mass is 127. The van der Waals surface area contributed by atoms with Crippen LogP contribution in [0.2, 0.25) is 0 Å². The second-order valence-corrected chi connectivity index (χ2v) is 6.62. The van der Waals surface area contributed by atoms with Crippen LogP contribution in [0.4, 0.5) is 11.5 Å². The largest absolute Gasteiger partial charge is 0.383 e. The van der Waals surface area contributed by atoms with E-state index in [1.54, 1.807) is 24.3 Å². The van der Waals surface area contributed by atoms with E-state index in [0.717, 1.165) is 16.4 Å². The maximum atomic E-state index is 12.6.